The molecule has 0 saturated carbocycles. The van der Waals surface area contributed by atoms with Crippen molar-refractivity contribution in [1.82, 2.24) is 4.57 Å². The van der Waals surface area contributed by atoms with Gasteiger partial charge in [-0.05, 0) is 200 Å². The normalized spacial score (nSPS) is 15.8. The number of benzene rings is 12. The number of rotatable bonds is 7. The number of anilines is 6. The molecule has 16 rings (SSSR count). The Balaban J connectivity index is 1.11. The van der Waals surface area contributed by atoms with Crippen molar-refractivity contribution in [2.45, 2.75) is 175 Å². The molecule has 510 valence electrons. The number of hydrogen-bond donors (Lipinski definition) is 0. The zero-order valence-corrected chi connectivity index (χ0v) is 62.8. The van der Waals surface area contributed by atoms with Gasteiger partial charge in [0.15, 0.2) is 0 Å². The Bertz CT molecular complexity index is 5840. The summed E-state index contributed by atoms with van der Waals surface area (Å²) in [6, 6.07) is 72.7. The summed E-state index contributed by atoms with van der Waals surface area (Å²) in [5.74, 6) is -0.689. The van der Waals surface area contributed by atoms with E-state index >= 15 is 0 Å². The van der Waals surface area contributed by atoms with Gasteiger partial charge < -0.3 is 14.4 Å². The molecule has 1 aromatic heterocycles. The third-order valence-electron chi connectivity index (χ3n) is 22.1. The first-order valence-corrected chi connectivity index (χ1v) is 36.6. The molecule has 0 amide bonds. The predicted molar refractivity (Wildman–Crippen MR) is 436 cm³/mol. The summed E-state index contributed by atoms with van der Waals surface area (Å²) in [6.07, 6.45) is 0.789. The first-order valence-electron chi connectivity index (χ1n) is 40.6. The maximum Gasteiger partial charge on any atom is 0.0645 e. The highest BCUT2D eigenvalue weighted by atomic mass is 15.2. The van der Waals surface area contributed by atoms with Gasteiger partial charge in [-0.2, -0.15) is 0 Å². The standard InChI is InChI=1S/C99H99N3/c1-94(2,3)68-40-35-61(36-41-68)81-58-70(96(7,8)9)44-49-85(81)101-87-54-63(66-52-72(98(13,14)15)57-73(53-66)99(16,17)18)39-47-79(87)92-80-48-46-74(100-83-33-25-23-31-77(83)78-32-24-26-34-84(78)100)60-88(80)102(86-50-45-71(97(10,11)12)59-82(86)62-37-42-69(43-38-62)95(4,5)6)90-56-67(55-89(101)93(90)92)91-75-29-21-19-27-64(75)51-65-28-20-22-30-76(65)91/h19-50,52-60,91-92H,51H2,1-18H3/i23D,24D,25D,26D,31D,32D,33D,34D. The van der Waals surface area contributed by atoms with E-state index in [0.717, 1.165) is 102 Å². The molecule has 13 aromatic rings. The maximum absolute atomic E-state index is 9.86. The van der Waals surface area contributed by atoms with Gasteiger partial charge in [0.05, 0.1) is 56.1 Å². The molecule has 3 aliphatic rings. The van der Waals surface area contributed by atoms with E-state index in [9.17, 15) is 8.22 Å². The van der Waals surface area contributed by atoms with Crippen LogP contribution in [0.2, 0.25) is 0 Å². The first kappa shape index (κ1) is 57.6. The molecule has 0 bridgehead atoms. The van der Waals surface area contributed by atoms with Crippen molar-refractivity contribution in [2.75, 3.05) is 9.80 Å². The molecule has 0 radical (unpaired) electrons. The second-order valence-electron chi connectivity index (χ2n) is 35.3. The lowest BCUT2D eigenvalue weighted by Crippen LogP contribution is -2.30. The molecule has 0 N–H and O–H groups in total. The highest BCUT2D eigenvalue weighted by molar-refractivity contribution is 6.10. The van der Waals surface area contributed by atoms with E-state index in [1.165, 1.54) is 50.1 Å². The highest BCUT2D eigenvalue weighted by Gasteiger charge is 2.44. The van der Waals surface area contributed by atoms with Crippen molar-refractivity contribution < 1.29 is 11.0 Å². The van der Waals surface area contributed by atoms with Gasteiger partial charge in [0.2, 0.25) is 0 Å². The van der Waals surface area contributed by atoms with Crippen molar-refractivity contribution in [3.8, 4) is 39.1 Å². The van der Waals surface area contributed by atoms with Crippen LogP contribution in [0.4, 0.5) is 34.1 Å². The Kier molecular flexibility index (Phi) is 13.5. The van der Waals surface area contributed by atoms with Gasteiger partial charge in [-0.3, -0.25) is 0 Å². The topological polar surface area (TPSA) is 11.4 Å². The maximum atomic E-state index is 9.86. The van der Waals surface area contributed by atoms with Crippen LogP contribution in [0.1, 0.15) is 225 Å². The zero-order valence-electron chi connectivity index (χ0n) is 70.8. The smallest absolute Gasteiger partial charge is 0.0645 e. The van der Waals surface area contributed by atoms with Crippen LogP contribution in [0.3, 0.4) is 0 Å². The number of para-hydroxylation sites is 2. The molecule has 3 heterocycles. The van der Waals surface area contributed by atoms with Crippen molar-refractivity contribution in [1.29, 1.82) is 0 Å². The molecule has 1 atom stereocenters. The fourth-order valence-electron chi connectivity index (χ4n) is 16.2. The van der Waals surface area contributed by atoms with Crippen LogP contribution in [-0.4, -0.2) is 4.57 Å². The van der Waals surface area contributed by atoms with Gasteiger partial charge in [0.25, 0.3) is 0 Å². The Morgan fingerprint density at radius 1 is 0.304 bits per heavy atom. The Morgan fingerprint density at radius 3 is 1.16 bits per heavy atom. The lowest BCUT2D eigenvalue weighted by molar-refractivity contribution is 0.569. The lowest BCUT2D eigenvalue weighted by Gasteiger charge is -2.47. The van der Waals surface area contributed by atoms with E-state index in [-0.39, 0.29) is 84.4 Å². The zero-order chi connectivity index (χ0) is 78.4. The summed E-state index contributed by atoms with van der Waals surface area (Å²) < 4.78 is 77.3. The number of hydrogen-bond acceptors (Lipinski definition) is 2. The van der Waals surface area contributed by atoms with Crippen LogP contribution in [-0.2, 0) is 38.9 Å². The Labute approximate surface area is 618 Å². The largest absolute Gasteiger partial charge is 0.309 e. The molecule has 1 unspecified atom stereocenters. The third kappa shape index (κ3) is 11.4. The van der Waals surface area contributed by atoms with E-state index < -0.39 is 30.1 Å². The molecule has 0 saturated heterocycles. The number of fused-ring (bicyclic) bond motifs is 9. The SMILES string of the molecule is [2H]c1c([2H])c([2H])c2c(c1[2H])c1c([2H])c([2H])c([2H])c([2H])c1n2-c1ccc2c(c1)N(c1ccc(C(C)(C)C)cc1-c1ccc(C(C)(C)C)cc1)c1cc(C3c4ccccc4Cc4ccccc43)cc3c1C2c1ccc(-c2cc(C(C)(C)C)cc(C(C)(C)C)c2)cc1N3c1ccc(C(C)(C)C)cc1-c1ccc(C(C)(C)C)cc1. The minimum absolute atomic E-state index is 0.0267. The summed E-state index contributed by atoms with van der Waals surface area (Å²) in [4.78, 5) is 5.08. The monoisotopic (exact) mass is 1340 g/mol. The van der Waals surface area contributed by atoms with E-state index in [2.05, 4.69) is 329 Å². The van der Waals surface area contributed by atoms with E-state index in [1.54, 1.807) is 4.57 Å². The van der Waals surface area contributed by atoms with Crippen molar-refractivity contribution in [3.05, 3.63) is 326 Å². The molecule has 12 aromatic carbocycles. The van der Waals surface area contributed by atoms with Crippen molar-refractivity contribution >= 4 is 55.9 Å². The second kappa shape index (κ2) is 23.8. The Hall–Kier alpha value is -9.96. The van der Waals surface area contributed by atoms with E-state index in [1.807, 2.05) is 6.07 Å². The molecule has 102 heavy (non-hydrogen) atoms. The molecule has 0 fully saturated rings. The minimum atomic E-state index is -0.487. The number of nitrogens with zero attached hydrogens (tertiary/aromatic N) is 3. The van der Waals surface area contributed by atoms with Crippen LogP contribution in [0.15, 0.2) is 249 Å². The second-order valence-corrected chi connectivity index (χ2v) is 35.3. The highest BCUT2D eigenvalue weighted by Crippen LogP contribution is 2.64. The molecule has 0 spiro atoms. The average Bonchev–Trinajstić information content (AvgIpc) is 0.961. The summed E-state index contributed by atoms with van der Waals surface area (Å²) in [6.45, 7) is 41.1. The van der Waals surface area contributed by atoms with Crippen LogP contribution >= 0.6 is 0 Å². The molecular weight excluding hydrogens is 1230 g/mol. The van der Waals surface area contributed by atoms with Gasteiger partial charge in [-0.25, -0.2) is 0 Å². The summed E-state index contributed by atoms with van der Waals surface area (Å²) in [5, 5.41) is 0.0534. The van der Waals surface area contributed by atoms with E-state index in [4.69, 9.17) is 2.74 Å². The first-order chi connectivity index (χ1) is 51.7. The summed E-state index contributed by atoms with van der Waals surface area (Å²) >= 11 is 0. The third-order valence-corrected chi connectivity index (χ3v) is 22.1. The van der Waals surface area contributed by atoms with Crippen molar-refractivity contribution in [2.24, 2.45) is 0 Å². The van der Waals surface area contributed by atoms with Crippen LogP contribution in [0.25, 0.3) is 60.9 Å². The molecule has 3 nitrogen and oxygen atoms in total. The molecular formula is C99H99N3. The molecule has 1 aliphatic carbocycles. The average molecular weight is 1340 g/mol. The van der Waals surface area contributed by atoms with Gasteiger partial charge >= 0.3 is 0 Å². The van der Waals surface area contributed by atoms with Gasteiger partial charge in [0, 0.05) is 45.0 Å². The fraction of sp³-hybridized carbons (Fsp3) is 0.273. The molecule has 2 aliphatic heterocycles. The minimum Gasteiger partial charge on any atom is -0.309 e. The van der Waals surface area contributed by atoms with Crippen molar-refractivity contribution in [3.63, 3.8) is 0 Å². The Morgan fingerprint density at radius 2 is 0.706 bits per heavy atom. The predicted octanol–water partition coefficient (Wildman–Crippen LogP) is 27.4. The van der Waals surface area contributed by atoms with Gasteiger partial charge in [-0.1, -0.05) is 306 Å². The summed E-state index contributed by atoms with van der Waals surface area (Å²) in [5.41, 5.74) is 28.3. The van der Waals surface area contributed by atoms with Crippen LogP contribution < -0.4 is 9.80 Å². The van der Waals surface area contributed by atoms with Gasteiger partial charge in [0.1, 0.15) is 0 Å². The molecule has 3 heteroatoms. The lowest BCUT2D eigenvalue weighted by atomic mass is 9.71. The van der Waals surface area contributed by atoms with Crippen LogP contribution in [0, 0.1) is 0 Å². The number of aromatic nitrogens is 1. The van der Waals surface area contributed by atoms with E-state index in [0.29, 0.717) is 5.69 Å². The quantitative estimate of drug-likeness (QED) is 0.158. The summed E-state index contributed by atoms with van der Waals surface area (Å²) in [7, 11) is 0. The fourth-order valence-corrected chi connectivity index (χ4v) is 16.2. The van der Waals surface area contributed by atoms with Crippen LogP contribution in [0.5, 0.6) is 0 Å². The van der Waals surface area contributed by atoms with Gasteiger partial charge in [-0.15, -0.1) is 0 Å².